The van der Waals surface area contributed by atoms with Gasteiger partial charge in [-0.3, -0.25) is 0 Å². The summed E-state index contributed by atoms with van der Waals surface area (Å²) in [5, 5.41) is 12.0. The van der Waals surface area contributed by atoms with Gasteiger partial charge in [-0.25, -0.2) is 9.59 Å². The Morgan fingerprint density at radius 2 is 2.00 bits per heavy atom. The molecule has 2 N–H and O–H groups in total. The van der Waals surface area contributed by atoms with Crippen LogP contribution in [0.25, 0.3) is 0 Å². The van der Waals surface area contributed by atoms with E-state index < -0.39 is 23.7 Å². The normalized spacial score (nSPS) is 17.6. The fourth-order valence-corrected chi connectivity index (χ4v) is 2.09. The van der Waals surface area contributed by atoms with Gasteiger partial charge in [-0.1, -0.05) is 11.6 Å². The zero-order valence-electron chi connectivity index (χ0n) is 10.7. The van der Waals surface area contributed by atoms with E-state index >= 15 is 0 Å². The fourth-order valence-electron chi connectivity index (χ4n) is 1.75. The molecule has 0 heterocycles. The fraction of sp³-hybridized carbons (Fsp3) is 0.667. The van der Waals surface area contributed by atoms with Gasteiger partial charge in [0.2, 0.25) is 0 Å². The Morgan fingerprint density at radius 3 is 2.39 bits per heavy atom. The van der Waals surface area contributed by atoms with E-state index in [1.54, 1.807) is 20.8 Å². The van der Waals surface area contributed by atoms with Gasteiger partial charge in [0.1, 0.15) is 5.60 Å². The molecule has 1 aliphatic carbocycles. The van der Waals surface area contributed by atoms with E-state index in [0.717, 1.165) is 6.42 Å². The molecule has 0 fully saturated rings. The molecule has 0 saturated carbocycles. The molecule has 0 saturated heterocycles. The molecule has 1 aliphatic rings. The van der Waals surface area contributed by atoms with Crippen LogP contribution in [0.3, 0.4) is 0 Å². The summed E-state index contributed by atoms with van der Waals surface area (Å²) in [5.41, 5.74) is -0.101. The monoisotopic (exact) mass is 275 g/mol. The summed E-state index contributed by atoms with van der Waals surface area (Å²) in [7, 11) is 0. The molecule has 0 spiro atoms. The molecule has 0 bridgehead atoms. The van der Waals surface area contributed by atoms with E-state index in [1.165, 1.54) is 0 Å². The second-order valence-corrected chi connectivity index (χ2v) is 5.66. The highest BCUT2D eigenvalue weighted by molar-refractivity contribution is 6.30. The molecule has 1 unspecified atom stereocenters. The smallest absolute Gasteiger partial charge is 0.408 e. The third-order valence-corrected chi connectivity index (χ3v) is 2.88. The Labute approximate surface area is 111 Å². The molecule has 6 heteroatoms. The van der Waals surface area contributed by atoms with E-state index in [4.69, 9.17) is 21.4 Å². The van der Waals surface area contributed by atoms with Gasteiger partial charge in [0.25, 0.3) is 0 Å². The highest BCUT2D eigenvalue weighted by Crippen LogP contribution is 2.31. The number of carbonyl (C=O) groups excluding carboxylic acids is 1. The van der Waals surface area contributed by atoms with E-state index in [2.05, 4.69) is 5.32 Å². The van der Waals surface area contributed by atoms with Crippen LogP contribution in [0, 0.1) is 0 Å². The number of carbonyl (C=O) groups is 2. The molecule has 102 valence electrons. The van der Waals surface area contributed by atoms with Crippen molar-refractivity contribution in [1.29, 1.82) is 0 Å². The third kappa shape index (κ3) is 4.22. The summed E-state index contributed by atoms with van der Waals surface area (Å²) in [6.45, 7) is 5.14. The summed E-state index contributed by atoms with van der Waals surface area (Å²) in [6.07, 6.45) is 1.31. The van der Waals surface area contributed by atoms with Crippen molar-refractivity contribution >= 4 is 23.7 Å². The number of rotatable bonds is 3. The van der Waals surface area contributed by atoms with Gasteiger partial charge in [0.15, 0.2) is 6.04 Å². The van der Waals surface area contributed by atoms with Crippen LogP contribution >= 0.6 is 11.6 Å². The van der Waals surface area contributed by atoms with Crippen molar-refractivity contribution < 1.29 is 19.4 Å². The molecular formula is C12H18ClNO4. The van der Waals surface area contributed by atoms with Crippen molar-refractivity contribution in [3.8, 4) is 0 Å². The Hall–Kier alpha value is -1.23. The predicted molar refractivity (Wildman–Crippen MR) is 67.5 cm³/mol. The summed E-state index contributed by atoms with van der Waals surface area (Å²) in [5.74, 6) is -1.13. The number of allylic oxidation sites excluding steroid dienone is 1. The zero-order chi connectivity index (χ0) is 13.9. The largest absolute Gasteiger partial charge is 0.479 e. The predicted octanol–water partition coefficient (Wildman–Crippen LogP) is 2.64. The Kier molecular flexibility index (Phi) is 4.62. The minimum absolute atomic E-state index is 0.526. The summed E-state index contributed by atoms with van der Waals surface area (Å²) >= 11 is 5.96. The molecular weight excluding hydrogens is 258 g/mol. The van der Waals surface area contributed by atoms with Gasteiger partial charge >= 0.3 is 12.1 Å². The maximum Gasteiger partial charge on any atom is 0.408 e. The lowest BCUT2D eigenvalue weighted by Crippen LogP contribution is -2.44. The second kappa shape index (κ2) is 5.61. The van der Waals surface area contributed by atoms with Crippen molar-refractivity contribution in [2.75, 3.05) is 0 Å². The van der Waals surface area contributed by atoms with Crippen molar-refractivity contribution in [3.63, 3.8) is 0 Å². The highest BCUT2D eigenvalue weighted by atomic mass is 35.5. The van der Waals surface area contributed by atoms with Crippen LogP contribution in [0.5, 0.6) is 0 Å². The van der Waals surface area contributed by atoms with E-state index in [9.17, 15) is 9.59 Å². The number of amides is 1. The Morgan fingerprint density at radius 1 is 1.39 bits per heavy atom. The summed E-state index contributed by atoms with van der Waals surface area (Å²) in [4.78, 5) is 22.7. The topological polar surface area (TPSA) is 75.6 Å². The molecule has 0 aromatic rings. The number of hydrogen-bond donors (Lipinski definition) is 2. The van der Waals surface area contributed by atoms with Crippen molar-refractivity contribution in [1.82, 2.24) is 5.32 Å². The van der Waals surface area contributed by atoms with Gasteiger partial charge in [0, 0.05) is 5.03 Å². The first-order valence-electron chi connectivity index (χ1n) is 5.80. The molecule has 1 rings (SSSR count). The van der Waals surface area contributed by atoms with Crippen LogP contribution in [0.2, 0.25) is 0 Å². The minimum Gasteiger partial charge on any atom is -0.479 e. The lowest BCUT2D eigenvalue weighted by Gasteiger charge is -2.22. The highest BCUT2D eigenvalue weighted by Gasteiger charge is 2.30. The molecule has 0 aromatic carbocycles. The molecule has 0 aromatic heterocycles. The number of alkyl carbamates (subject to hydrolysis) is 1. The van der Waals surface area contributed by atoms with E-state index in [0.29, 0.717) is 23.4 Å². The number of ether oxygens (including phenoxy) is 1. The first-order chi connectivity index (χ1) is 8.20. The molecule has 5 nitrogen and oxygen atoms in total. The molecule has 0 aliphatic heterocycles. The molecule has 0 radical (unpaired) electrons. The van der Waals surface area contributed by atoms with Crippen LogP contribution in [0.15, 0.2) is 10.6 Å². The van der Waals surface area contributed by atoms with Crippen molar-refractivity contribution in [3.05, 3.63) is 10.6 Å². The SMILES string of the molecule is CC(C)(C)OC(=O)NC(C(=O)O)C1=C(Cl)CCC1. The van der Waals surface area contributed by atoms with Crippen LogP contribution in [0.1, 0.15) is 40.0 Å². The van der Waals surface area contributed by atoms with E-state index in [1.807, 2.05) is 0 Å². The zero-order valence-corrected chi connectivity index (χ0v) is 11.5. The number of carboxylic acid groups (broad SMARTS) is 1. The Balaban J connectivity index is 2.74. The first kappa shape index (κ1) is 14.8. The molecule has 1 atom stereocenters. The van der Waals surface area contributed by atoms with Crippen LogP contribution in [-0.2, 0) is 9.53 Å². The van der Waals surface area contributed by atoms with Crippen molar-refractivity contribution in [2.45, 2.75) is 51.7 Å². The maximum atomic E-state index is 11.6. The van der Waals surface area contributed by atoms with Gasteiger partial charge in [0.05, 0.1) is 0 Å². The molecule has 18 heavy (non-hydrogen) atoms. The summed E-state index contributed by atoms with van der Waals surface area (Å²) in [6, 6.07) is -1.10. The number of nitrogens with one attached hydrogen (secondary N) is 1. The maximum absolute atomic E-state index is 11.6. The number of carboxylic acids is 1. The molecule has 1 amide bonds. The van der Waals surface area contributed by atoms with Gasteiger partial charge in [-0.15, -0.1) is 0 Å². The first-order valence-corrected chi connectivity index (χ1v) is 6.18. The van der Waals surface area contributed by atoms with Crippen LogP contribution in [0.4, 0.5) is 4.79 Å². The number of aliphatic carboxylic acids is 1. The van der Waals surface area contributed by atoms with Gasteiger partial charge < -0.3 is 15.2 Å². The summed E-state index contributed by atoms with van der Waals surface area (Å²) < 4.78 is 5.03. The minimum atomic E-state index is -1.13. The Bertz CT molecular complexity index is 384. The quantitative estimate of drug-likeness (QED) is 0.830. The van der Waals surface area contributed by atoms with Crippen molar-refractivity contribution in [2.24, 2.45) is 0 Å². The lowest BCUT2D eigenvalue weighted by atomic mass is 10.1. The van der Waals surface area contributed by atoms with Gasteiger partial charge in [-0.2, -0.15) is 0 Å². The average molecular weight is 276 g/mol. The van der Waals surface area contributed by atoms with Gasteiger partial charge in [-0.05, 0) is 45.6 Å². The van der Waals surface area contributed by atoms with Crippen LogP contribution < -0.4 is 5.32 Å². The van der Waals surface area contributed by atoms with Crippen LogP contribution in [-0.4, -0.2) is 28.8 Å². The third-order valence-electron chi connectivity index (χ3n) is 2.45. The lowest BCUT2D eigenvalue weighted by molar-refractivity contribution is -0.138. The number of hydrogen-bond acceptors (Lipinski definition) is 3. The second-order valence-electron chi connectivity index (χ2n) is 5.20. The number of halogens is 1. The average Bonchev–Trinajstić information content (AvgIpc) is 2.57. The van der Waals surface area contributed by atoms with E-state index in [-0.39, 0.29) is 0 Å². The standard InChI is InChI=1S/C12H18ClNO4/c1-12(2,3)18-11(17)14-9(10(15)16)7-5-4-6-8(7)13/h9H,4-6H2,1-3H3,(H,14,17)(H,15,16).